The Balaban J connectivity index is 1.36. The lowest BCUT2D eigenvalue weighted by Crippen LogP contribution is -2.45. The first-order chi connectivity index (χ1) is 14.5. The molecule has 0 bridgehead atoms. The molecule has 5 rings (SSSR count). The second-order valence-corrected chi connectivity index (χ2v) is 9.19. The highest BCUT2D eigenvalue weighted by Crippen LogP contribution is 2.48. The van der Waals surface area contributed by atoms with Gasteiger partial charge in [0, 0.05) is 38.3 Å². The summed E-state index contributed by atoms with van der Waals surface area (Å²) in [5.74, 6) is 0.781. The minimum Gasteiger partial charge on any atom is -0.390 e. The van der Waals surface area contributed by atoms with Crippen LogP contribution in [0.1, 0.15) is 36.0 Å². The number of piperidine rings is 1. The molecule has 3 N–H and O–H groups in total. The fourth-order valence-corrected chi connectivity index (χ4v) is 5.48. The molecule has 0 amide bonds. The summed E-state index contributed by atoms with van der Waals surface area (Å²) >= 11 is 1.51. The number of aromatic nitrogens is 6. The molecule has 158 valence electrons. The summed E-state index contributed by atoms with van der Waals surface area (Å²) in [5, 5.41) is 20.4. The number of nitrogens with zero attached hydrogens (tertiary/aromatic N) is 7. The number of aliphatic hydroxyl groups is 1. The van der Waals surface area contributed by atoms with Crippen molar-refractivity contribution in [2.75, 3.05) is 18.0 Å². The van der Waals surface area contributed by atoms with Crippen molar-refractivity contribution in [2.45, 2.75) is 49.0 Å². The molecule has 30 heavy (non-hydrogen) atoms. The molecule has 1 atom stereocenters. The first-order valence-electron chi connectivity index (χ1n) is 10.2. The van der Waals surface area contributed by atoms with Crippen molar-refractivity contribution in [1.82, 2.24) is 29.5 Å². The fourth-order valence-electron chi connectivity index (χ4n) is 4.62. The van der Waals surface area contributed by atoms with Crippen LogP contribution in [0.2, 0.25) is 0 Å². The monoisotopic (exact) mass is 426 g/mol. The zero-order chi connectivity index (χ0) is 20.9. The summed E-state index contributed by atoms with van der Waals surface area (Å²) in [6, 6.07) is 3.99. The largest absolute Gasteiger partial charge is 0.390 e. The summed E-state index contributed by atoms with van der Waals surface area (Å²) in [7, 11) is 1.90. The van der Waals surface area contributed by atoms with E-state index in [-0.39, 0.29) is 18.1 Å². The van der Waals surface area contributed by atoms with Crippen LogP contribution in [0, 0.1) is 12.3 Å². The highest BCUT2D eigenvalue weighted by molar-refractivity contribution is 7.99. The highest BCUT2D eigenvalue weighted by atomic mass is 32.2. The zero-order valence-electron chi connectivity index (χ0n) is 17.2. The Kier molecular flexibility index (Phi) is 4.79. The van der Waals surface area contributed by atoms with Gasteiger partial charge in [0.25, 0.3) is 0 Å². The van der Waals surface area contributed by atoms with Gasteiger partial charge in [0.2, 0.25) is 0 Å². The van der Waals surface area contributed by atoms with Gasteiger partial charge in [-0.05, 0) is 43.7 Å². The van der Waals surface area contributed by atoms with Crippen LogP contribution in [0.5, 0.6) is 0 Å². The molecule has 0 aliphatic carbocycles. The van der Waals surface area contributed by atoms with Crippen LogP contribution in [0.3, 0.4) is 0 Å². The Morgan fingerprint density at radius 1 is 1.20 bits per heavy atom. The summed E-state index contributed by atoms with van der Waals surface area (Å²) in [5.41, 5.74) is 9.26. The topological polar surface area (TPSA) is 111 Å². The van der Waals surface area contributed by atoms with Crippen molar-refractivity contribution in [2.24, 2.45) is 18.2 Å². The first-order valence-corrected chi connectivity index (χ1v) is 11.0. The van der Waals surface area contributed by atoms with Crippen molar-refractivity contribution in [3.05, 3.63) is 41.6 Å². The minimum absolute atomic E-state index is 0.0185. The second kappa shape index (κ2) is 7.36. The van der Waals surface area contributed by atoms with Crippen LogP contribution in [0.4, 0.5) is 5.82 Å². The van der Waals surface area contributed by atoms with E-state index in [4.69, 9.17) is 15.7 Å². The number of fused-ring (bicyclic) bond motifs is 1. The van der Waals surface area contributed by atoms with E-state index in [0.717, 1.165) is 59.7 Å². The number of rotatable bonds is 4. The number of aliphatic hydroxyl groups excluding tert-OH is 1. The van der Waals surface area contributed by atoms with Gasteiger partial charge in [-0.25, -0.2) is 9.97 Å². The molecule has 0 unspecified atom stereocenters. The van der Waals surface area contributed by atoms with Crippen molar-refractivity contribution in [1.29, 1.82) is 0 Å². The lowest BCUT2D eigenvalue weighted by atomic mass is 9.73. The molecule has 5 heterocycles. The van der Waals surface area contributed by atoms with Gasteiger partial charge < -0.3 is 15.7 Å². The van der Waals surface area contributed by atoms with Crippen molar-refractivity contribution >= 4 is 17.6 Å². The highest BCUT2D eigenvalue weighted by Gasteiger charge is 2.47. The summed E-state index contributed by atoms with van der Waals surface area (Å²) in [6.07, 6.45) is 5.52. The summed E-state index contributed by atoms with van der Waals surface area (Å²) in [6.45, 7) is 4.38. The normalized spacial score (nSPS) is 20.1. The third kappa shape index (κ3) is 3.10. The number of nitrogens with two attached hydrogens (primary N) is 1. The molecule has 0 radical (unpaired) electrons. The Bertz CT molecular complexity index is 1070. The molecular weight excluding hydrogens is 400 g/mol. The lowest BCUT2D eigenvalue weighted by Gasteiger charge is -2.42. The van der Waals surface area contributed by atoms with Crippen molar-refractivity contribution in [3.8, 4) is 0 Å². The predicted molar refractivity (Wildman–Crippen MR) is 113 cm³/mol. The molecule has 2 aliphatic heterocycles. The third-order valence-corrected chi connectivity index (χ3v) is 7.65. The molecule has 3 aromatic heterocycles. The van der Waals surface area contributed by atoms with Crippen LogP contribution in [-0.4, -0.2) is 47.7 Å². The van der Waals surface area contributed by atoms with E-state index in [1.165, 1.54) is 11.8 Å². The molecule has 2 aliphatic rings. The number of hydrogen-bond donors (Lipinski definition) is 2. The average molecular weight is 427 g/mol. The molecule has 1 saturated heterocycles. The van der Waals surface area contributed by atoms with E-state index < -0.39 is 0 Å². The standard InChI is InChI=1S/C20H26N8OS/c1-13-19(30-16-4-8-22-26(16)2)25-14(11-29)18(24-13)27-9-5-20(6-10-27)12-28-15(17(20)21)3-7-23-28/h3-4,7-8,17,29H,5-6,9-12,21H2,1-2H3/t17-/m1/s1. The van der Waals surface area contributed by atoms with E-state index in [9.17, 15) is 5.11 Å². The van der Waals surface area contributed by atoms with Crippen LogP contribution < -0.4 is 10.6 Å². The van der Waals surface area contributed by atoms with Gasteiger partial charge in [0.15, 0.2) is 5.82 Å². The Labute approximate surface area is 179 Å². The Morgan fingerprint density at radius 2 is 1.97 bits per heavy atom. The van der Waals surface area contributed by atoms with Gasteiger partial charge in [-0.3, -0.25) is 9.36 Å². The van der Waals surface area contributed by atoms with Crippen LogP contribution in [-0.2, 0) is 20.2 Å². The smallest absolute Gasteiger partial charge is 0.153 e. The van der Waals surface area contributed by atoms with Crippen LogP contribution in [0.25, 0.3) is 0 Å². The molecule has 0 saturated carbocycles. The average Bonchev–Trinajstić information content (AvgIpc) is 3.43. The SMILES string of the molecule is Cc1nc(N2CCC3(CC2)Cn2nccc2[C@H]3N)c(CO)nc1Sc1ccnn1C. The van der Waals surface area contributed by atoms with E-state index in [1.54, 1.807) is 10.9 Å². The van der Waals surface area contributed by atoms with Gasteiger partial charge in [-0.15, -0.1) is 0 Å². The molecule has 0 aromatic carbocycles. The van der Waals surface area contributed by atoms with E-state index in [0.29, 0.717) is 5.69 Å². The maximum Gasteiger partial charge on any atom is 0.153 e. The van der Waals surface area contributed by atoms with Gasteiger partial charge >= 0.3 is 0 Å². The van der Waals surface area contributed by atoms with E-state index in [2.05, 4.69) is 15.1 Å². The van der Waals surface area contributed by atoms with Crippen LogP contribution in [0.15, 0.2) is 34.6 Å². The molecular formula is C20H26N8OS. The zero-order valence-corrected chi connectivity index (χ0v) is 18.0. The van der Waals surface area contributed by atoms with Crippen molar-refractivity contribution < 1.29 is 5.11 Å². The molecule has 10 heteroatoms. The molecule has 9 nitrogen and oxygen atoms in total. The van der Waals surface area contributed by atoms with Gasteiger partial charge in [0.05, 0.1) is 35.3 Å². The maximum absolute atomic E-state index is 10.00. The first kappa shape index (κ1) is 19.5. The Morgan fingerprint density at radius 3 is 2.63 bits per heavy atom. The number of aryl methyl sites for hydroxylation is 2. The molecule has 1 spiro atoms. The van der Waals surface area contributed by atoms with Crippen LogP contribution >= 0.6 is 11.8 Å². The maximum atomic E-state index is 10.00. The number of anilines is 1. The summed E-state index contributed by atoms with van der Waals surface area (Å²) < 4.78 is 3.85. The Hall–Kier alpha value is -2.43. The van der Waals surface area contributed by atoms with Gasteiger partial charge in [-0.1, -0.05) is 0 Å². The lowest BCUT2D eigenvalue weighted by molar-refractivity contribution is 0.170. The van der Waals surface area contributed by atoms with E-state index in [1.807, 2.05) is 37.0 Å². The fraction of sp³-hybridized carbons (Fsp3) is 0.500. The molecule has 3 aromatic rings. The quantitative estimate of drug-likeness (QED) is 0.648. The predicted octanol–water partition coefficient (Wildman–Crippen LogP) is 1.66. The molecule has 1 fully saturated rings. The minimum atomic E-state index is -0.141. The van der Waals surface area contributed by atoms with E-state index >= 15 is 0 Å². The van der Waals surface area contributed by atoms with Gasteiger partial charge in [0.1, 0.15) is 10.7 Å². The third-order valence-electron chi connectivity index (χ3n) is 6.46. The van der Waals surface area contributed by atoms with Gasteiger partial charge in [-0.2, -0.15) is 10.2 Å². The van der Waals surface area contributed by atoms with Crippen molar-refractivity contribution in [3.63, 3.8) is 0 Å². The second-order valence-electron chi connectivity index (χ2n) is 8.18. The number of hydrogen-bond acceptors (Lipinski definition) is 8. The summed E-state index contributed by atoms with van der Waals surface area (Å²) in [4.78, 5) is 11.8.